The highest BCUT2D eigenvalue weighted by Crippen LogP contribution is 2.17. The van der Waals surface area contributed by atoms with Gasteiger partial charge in [-0.05, 0) is 25.8 Å². The molecule has 1 N–H and O–H groups in total. The van der Waals surface area contributed by atoms with Crippen LogP contribution in [-0.4, -0.2) is 51.9 Å². The minimum Gasteiger partial charge on any atom is -0.376 e. The van der Waals surface area contributed by atoms with Crippen LogP contribution in [0.15, 0.2) is 41.7 Å². The molecule has 1 saturated heterocycles. The summed E-state index contributed by atoms with van der Waals surface area (Å²) < 4.78 is 7.96. The van der Waals surface area contributed by atoms with E-state index in [1.54, 1.807) is 6.33 Å². The van der Waals surface area contributed by atoms with E-state index in [9.17, 15) is 0 Å². The smallest absolute Gasteiger partial charge is 0.194 e. The Balaban J connectivity index is 0.00000280. The van der Waals surface area contributed by atoms with Crippen molar-refractivity contribution >= 4 is 29.9 Å². The van der Waals surface area contributed by atoms with E-state index in [1.807, 2.05) is 10.6 Å². The molecule has 3 rings (SSSR count). The zero-order chi connectivity index (χ0) is 18.9. The Morgan fingerprint density at radius 2 is 2.11 bits per heavy atom. The number of nitrogens with zero attached hydrogens (tertiary/aromatic N) is 5. The molecule has 154 valence electrons. The first-order valence-corrected chi connectivity index (χ1v) is 9.81. The molecular formula is C20H31IN6O. The van der Waals surface area contributed by atoms with Crippen molar-refractivity contribution in [3.8, 4) is 0 Å². The van der Waals surface area contributed by atoms with Crippen molar-refractivity contribution in [1.29, 1.82) is 0 Å². The number of rotatable bonds is 8. The Morgan fingerprint density at radius 1 is 1.29 bits per heavy atom. The Hall–Kier alpha value is -1.68. The van der Waals surface area contributed by atoms with Crippen molar-refractivity contribution in [3.63, 3.8) is 0 Å². The number of guanidine groups is 1. The molecule has 0 aliphatic carbocycles. The van der Waals surface area contributed by atoms with E-state index in [0.717, 1.165) is 51.0 Å². The number of aliphatic imine (C=N–C) groups is 1. The second kappa shape index (κ2) is 12.0. The molecule has 1 atom stereocenters. The molecule has 1 aliphatic heterocycles. The summed E-state index contributed by atoms with van der Waals surface area (Å²) in [6.07, 6.45) is 2.89. The Morgan fingerprint density at radius 3 is 2.86 bits per heavy atom. The maximum absolute atomic E-state index is 5.93. The SMILES string of the molecule is CCNC(=NCc1nncn1CC)N1CCC(COCc2ccccc2)C1.I. The van der Waals surface area contributed by atoms with Crippen LogP contribution in [0.25, 0.3) is 0 Å². The highest BCUT2D eigenvalue weighted by molar-refractivity contribution is 14.0. The molecule has 0 radical (unpaired) electrons. The van der Waals surface area contributed by atoms with Crippen molar-refractivity contribution in [2.24, 2.45) is 10.9 Å². The minimum absolute atomic E-state index is 0. The van der Waals surface area contributed by atoms with Gasteiger partial charge < -0.3 is 19.5 Å². The first kappa shape index (κ1) is 22.6. The van der Waals surface area contributed by atoms with E-state index in [2.05, 4.69) is 58.5 Å². The van der Waals surface area contributed by atoms with Crippen molar-refractivity contribution in [3.05, 3.63) is 48.0 Å². The second-order valence-corrected chi connectivity index (χ2v) is 6.80. The quantitative estimate of drug-likeness (QED) is 0.345. The van der Waals surface area contributed by atoms with Gasteiger partial charge in [-0.2, -0.15) is 0 Å². The van der Waals surface area contributed by atoms with Gasteiger partial charge in [-0.1, -0.05) is 30.3 Å². The fraction of sp³-hybridized carbons (Fsp3) is 0.550. The maximum atomic E-state index is 5.93. The molecule has 1 unspecified atom stereocenters. The molecule has 2 aromatic rings. The first-order valence-electron chi connectivity index (χ1n) is 9.81. The van der Waals surface area contributed by atoms with Crippen molar-refractivity contribution in [2.45, 2.75) is 40.0 Å². The van der Waals surface area contributed by atoms with Crippen LogP contribution in [0.1, 0.15) is 31.7 Å². The summed E-state index contributed by atoms with van der Waals surface area (Å²) in [5, 5.41) is 11.6. The molecule has 1 aromatic carbocycles. The van der Waals surface area contributed by atoms with Gasteiger partial charge in [0, 0.05) is 32.1 Å². The van der Waals surface area contributed by atoms with Crippen LogP contribution in [0.5, 0.6) is 0 Å². The van der Waals surface area contributed by atoms with Crippen molar-refractivity contribution in [2.75, 3.05) is 26.2 Å². The Bertz CT molecular complexity index is 720. The number of halogens is 1. The number of benzene rings is 1. The van der Waals surface area contributed by atoms with Crippen molar-refractivity contribution < 1.29 is 4.74 Å². The summed E-state index contributed by atoms with van der Waals surface area (Å²) in [6, 6.07) is 10.3. The molecule has 0 amide bonds. The summed E-state index contributed by atoms with van der Waals surface area (Å²) in [6.45, 7) is 9.88. The average Bonchev–Trinajstić information content (AvgIpc) is 3.35. The lowest BCUT2D eigenvalue weighted by Gasteiger charge is -2.21. The lowest BCUT2D eigenvalue weighted by Crippen LogP contribution is -2.40. The molecule has 7 nitrogen and oxygen atoms in total. The average molecular weight is 498 g/mol. The highest BCUT2D eigenvalue weighted by Gasteiger charge is 2.25. The van der Waals surface area contributed by atoms with Gasteiger partial charge in [-0.25, -0.2) is 4.99 Å². The van der Waals surface area contributed by atoms with Gasteiger partial charge >= 0.3 is 0 Å². The van der Waals surface area contributed by atoms with Crippen LogP contribution in [-0.2, 0) is 24.4 Å². The topological polar surface area (TPSA) is 67.6 Å². The zero-order valence-electron chi connectivity index (χ0n) is 16.8. The molecular weight excluding hydrogens is 467 g/mol. The van der Waals surface area contributed by atoms with Crippen molar-refractivity contribution in [1.82, 2.24) is 25.0 Å². The molecule has 0 bridgehead atoms. The van der Waals surface area contributed by atoms with Crippen LogP contribution in [0.3, 0.4) is 0 Å². The van der Waals surface area contributed by atoms with E-state index < -0.39 is 0 Å². The molecule has 8 heteroatoms. The fourth-order valence-electron chi connectivity index (χ4n) is 3.32. The van der Waals surface area contributed by atoms with E-state index >= 15 is 0 Å². The molecule has 28 heavy (non-hydrogen) atoms. The first-order chi connectivity index (χ1) is 13.3. The van der Waals surface area contributed by atoms with Gasteiger partial charge in [0.25, 0.3) is 0 Å². The number of aryl methyl sites for hydroxylation is 1. The fourth-order valence-corrected chi connectivity index (χ4v) is 3.32. The third-order valence-corrected chi connectivity index (χ3v) is 4.79. The largest absolute Gasteiger partial charge is 0.376 e. The van der Waals surface area contributed by atoms with E-state index in [0.29, 0.717) is 19.1 Å². The molecule has 1 fully saturated rings. The predicted molar refractivity (Wildman–Crippen MR) is 122 cm³/mol. The number of hydrogen-bond donors (Lipinski definition) is 1. The highest BCUT2D eigenvalue weighted by atomic mass is 127. The number of hydrogen-bond acceptors (Lipinski definition) is 4. The molecule has 1 aliphatic rings. The minimum atomic E-state index is 0. The summed E-state index contributed by atoms with van der Waals surface area (Å²) in [4.78, 5) is 7.10. The summed E-state index contributed by atoms with van der Waals surface area (Å²) in [7, 11) is 0. The van der Waals surface area contributed by atoms with Gasteiger partial charge in [-0.3, -0.25) is 0 Å². The van der Waals surface area contributed by atoms with Gasteiger partial charge in [0.05, 0.1) is 13.2 Å². The standard InChI is InChI=1S/C20H30N6O.HI/c1-3-21-20(22-12-19-24-23-16-25(19)4-2)26-11-10-18(13-26)15-27-14-17-8-6-5-7-9-17;/h5-9,16,18H,3-4,10-15H2,1-2H3,(H,21,22);1H. The zero-order valence-corrected chi connectivity index (χ0v) is 19.1. The summed E-state index contributed by atoms with van der Waals surface area (Å²) in [5.41, 5.74) is 1.22. The van der Waals surface area contributed by atoms with Crippen LogP contribution in [0, 0.1) is 5.92 Å². The molecule has 0 spiro atoms. The predicted octanol–water partition coefficient (Wildman–Crippen LogP) is 2.92. The second-order valence-electron chi connectivity index (χ2n) is 6.80. The van der Waals surface area contributed by atoms with Crippen LogP contribution >= 0.6 is 24.0 Å². The lowest BCUT2D eigenvalue weighted by molar-refractivity contribution is 0.0906. The normalized spacial score (nSPS) is 16.9. The van der Waals surface area contributed by atoms with E-state index in [1.165, 1.54) is 5.56 Å². The monoisotopic (exact) mass is 498 g/mol. The summed E-state index contributed by atoms with van der Waals surface area (Å²) in [5.74, 6) is 2.39. The van der Waals surface area contributed by atoms with Crippen LogP contribution < -0.4 is 5.32 Å². The number of aromatic nitrogens is 3. The molecule has 1 aromatic heterocycles. The third-order valence-electron chi connectivity index (χ3n) is 4.79. The Labute approximate surface area is 184 Å². The number of nitrogens with one attached hydrogen (secondary N) is 1. The van der Waals surface area contributed by atoms with Gasteiger partial charge in [-0.15, -0.1) is 34.2 Å². The van der Waals surface area contributed by atoms with Gasteiger partial charge in [0.15, 0.2) is 11.8 Å². The van der Waals surface area contributed by atoms with Gasteiger partial charge in [0.1, 0.15) is 12.9 Å². The lowest BCUT2D eigenvalue weighted by atomic mass is 10.1. The van der Waals surface area contributed by atoms with Crippen LogP contribution in [0.2, 0.25) is 0 Å². The third kappa shape index (κ3) is 6.44. The van der Waals surface area contributed by atoms with Crippen LogP contribution in [0.4, 0.5) is 0 Å². The Kier molecular flexibility index (Phi) is 9.69. The van der Waals surface area contributed by atoms with E-state index in [4.69, 9.17) is 9.73 Å². The molecule has 0 saturated carbocycles. The summed E-state index contributed by atoms with van der Waals surface area (Å²) >= 11 is 0. The molecule has 2 heterocycles. The van der Waals surface area contributed by atoms with Gasteiger partial charge in [0.2, 0.25) is 0 Å². The number of ether oxygens (including phenoxy) is 1. The number of likely N-dealkylation sites (tertiary alicyclic amines) is 1. The maximum Gasteiger partial charge on any atom is 0.194 e. The van der Waals surface area contributed by atoms with E-state index in [-0.39, 0.29) is 24.0 Å².